The van der Waals surface area contributed by atoms with E-state index in [1.807, 2.05) is 0 Å². The largest absolute Gasteiger partial charge is 0.324 e. The average molecular weight is 170 g/mol. The number of rotatable bonds is 1. The quantitative estimate of drug-likeness (QED) is 0.655. The lowest BCUT2D eigenvalue weighted by Gasteiger charge is -2.12. The molecule has 0 amide bonds. The molecule has 0 saturated heterocycles. The fourth-order valence-electron chi connectivity index (χ4n) is 1.19. The highest BCUT2D eigenvalue weighted by Gasteiger charge is 2.14. The number of aromatic nitrogens is 3. The Morgan fingerprint density at radius 3 is 3.27 bits per heavy atom. The molecule has 0 unspecified atom stereocenters. The van der Waals surface area contributed by atoms with Crippen molar-refractivity contribution in [2.45, 2.75) is 24.7 Å². The summed E-state index contributed by atoms with van der Waals surface area (Å²) in [6.07, 6.45) is 1.20. The highest BCUT2D eigenvalue weighted by molar-refractivity contribution is 7.99. The summed E-state index contributed by atoms with van der Waals surface area (Å²) in [5, 5.41) is 9.03. The van der Waals surface area contributed by atoms with Gasteiger partial charge < -0.3 is 10.3 Å². The molecule has 0 fully saturated rings. The lowest BCUT2D eigenvalue weighted by molar-refractivity contribution is 0.580. The molecule has 0 bridgehead atoms. The minimum absolute atomic E-state index is 0.494. The van der Waals surface area contributed by atoms with Crippen LogP contribution in [0.2, 0.25) is 0 Å². The maximum Gasteiger partial charge on any atom is 0.191 e. The first-order valence-electron chi connectivity index (χ1n) is 3.67. The van der Waals surface area contributed by atoms with Gasteiger partial charge in [-0.1, -0.05) is 11.8 Å². The van der Waals surface area contributed by atoms with Crippen LogP contribution in [0.1, 0.15) is 12.2 Å². The maximum atomic E-state index is 5.49. The molecule has 2 N–H and O–H groups in total. The lowest BCUT2D eigenvalue weighted by Crippen LogP contribution is -2.12. The van der Waals surface area contributed by atoms with Gasteiger partial charge in [-0.05, 0) is 6.42 Å². The van der Waals surface area contributed by atoms with E-state index in [0.29, 0.717) is 6.54 Å². The molecule has 2 heterocycles. The first-order valence-corrected chi connectivity index (χ1v) is 4.65. The van der Waals surface area contributed by atoms with Crippen LogP contribution in [0.5, 0.6) is 0 Å². The van der Waals surface area contributed by atoms with Crippen molar-refractivity contribution < 1.29 is 0 Å². The first kappa shape index (κ1) is 7.12. The molecule has 0 saturated carbocycles. The van der Waals surface area contributed by atoms with Crippen LogP contribution >= 0.6 is 11.8 Å². The van der Waals surface area contributed by atoms with E-state index in [2.05, 4.69) is 14.8 Å². The van der Waals surface area contributed by atoms with Crippen LogP contribution in [0, 0.1) is 0 Å². The number of nitrogens with zero attached hydrogens (tertiary/aromatic N) is 3. The third-order valence-corrected chi connectivity index (χ3v) is 2.79. The topological polar surface area (TPSA) is 56.7 Å². The van der Waals surface area contributed by atoms with Gasteiger partial charge in [-0.25, -0.2) is 0 Å². The fourth-order valence-corrected chi connectivity index (χ4v) is 2.09. The SMILES string of the molecule is NCc1nnc2n1CCCS2. The Balaban J connectivity index is 2.38. The van der Waals surface area contributed by atoms with Crippen molar-refractivity contribution in [2.75, 3.05) is 5.75 Å². The molecule has 1 aliphatic rings. The van der Waals surface area contributed by atoms with Crippen molar-refractivity contribution in [3.05, 3.63) is 5.82 Å². The fraction of sp³-hybridized carbons (Fsp3) is 0.667. The van der Waals surface area contributed by atoms with Gasteiger partial charge >= 0.3 is 0 Å². The third-order valence-electron chi connectivity index (χ3n) is 1.73. The van der Waals surface area contributed by atoms with Crippen LogP contribution in [0.4, 0.5) is 0 Å². The molecule has 1 aliphatic heterocycles. The van der Waals surface area contributed by atoms with Gasteiger partial charge in [-0.15, -0.1) is 10.2 Å². The summed E-state index contributed by atoms with van der Waals surface area (Å²) in [5.74, 6) is 2.06. The first-order chi connectivity index (χ1) is 5.42. The highest BCUT2D eigenvalue weighted by Crippen LogP contribution is 2.22. The molecule has 2 rings (SSSR count). The zero-order chi connectivity index (χ0) is 7.68. The number of nitrogens with two attached hydrogens (primary N) is 1. The molecule has 4 nitrogen and oxygen atoms in total. The minimum atomic E-state index is 0.494. The van der Waals surface area contributed by atoms with E-state index in [1.165, 1.54) is 6.42 Å². The molecule has 1 aromatic rings. The van der Waals surface area contributed by atoms with Gasteiger partial charge in [0.25, 0.3) is 0 Å². The monoisotopic (exact) mass is 170 g/mol. The van der Waals surface area contributed by atoms with Crippen LogP contribution in [0.3, 0.4) is 0 Å². The predicted octanol–water partition coefficient (Wildman–Crippen LogP) is 0.233. The third kappa shape index (κ3) is 1.14. The summed E-state index contributed by atoms with van der Waals surface area (Å²) in [6, 6.07) is 0. The maximum absolute atomic E-state index is 5.49. The molecule has 0 aromatic carbocycles. The predicted molar refractivity (Wildman–Crippen MR) is 43.3 cm³/mol. The van der Waals surface area contributed by atoms with Crippen LogP contribution in [-0.2, 0) is 13.1 Å². The second kappa shape index (κ2) is 2.83. The normalized spacial score (nSPS) is 16.5. The Morgan fingerprint density at radius 2 is 2.45 bits per heavy atom. The average Bonchev–Trinajstić information content (AvgIpc) is 2.47. The van der Waals surface area contributed by atoms with Gasteiger partial charge in [0.1, 0.15) is 5.82 Å². The van der Waals surface area contributed by atoms with Crippen molar-refractivity contribution in [1.82, 2.24) is 14.8 Å². The molecule has 0 aliphatic carbocycles. The smallest absolute Gasteiger partial charge is 0.191 e. The number of hydrogen-bond acceptors (Lipinski definition) is 4. The minimum Gasteiger partial charge on any atom is -0.324 e. The second-order valence-electron chi connectivity index (χ2n) is 2.46. The molecule has 1 aromatic heterocycles. The van der Waals surface area contributed by atoms with Crippen LogP contribution < -0.4 is 5.73 Å². The van der Waals surface area contributed by atoms with Crippen LogP contribution in [-0.4, -0.2) is 20.5 Å². The lowest BCUT2D eigenvalue weighted by atomic mass is 10.4. The summed E-state index contributed by atoms with van der Waals surface area (Å²) in [7, 11) is 0. The van der Waals surface area contributed by atoms with Crippen LogP contribution in [0.25, 0.3) is 0 Å². The van der Waals surface area contributed by atoms with Gasteiger partial charge in [0.15, 0.2) is 5.16 Å². The molecule has 5 heteroatoms. The Kier molecular flexibility index (Phi) is 1.83. The number of fused-ring (bicyclic) bond motifs is 1. The van der Waals surface area contributed by atoms with E-state index in [-0.39, 0.29) is 0 Å². The molecular formula is C6H10N4S. The van der Waals surface area contributed by atoms with E-state index >= 15 is 0 Å². The van der Waals surface area contributed by atoms with Crippen molar-refractivity contribution >= 4 is 11.8 Å². The summed E-state index contributed by atoms with van der Waals surface area (Å²) in [5.41, 5.74) is 5.49. The standard InChI is InChI=1S/C6H10N4S/c7-4-5-8-9-6-10(5)2-1-3-11-6/h1-4,7H2. The summed E-state index contributed by atoms with van der Waals surface area (Å²) >= 11 is 1.76. The number of thioether (sulfide) groups is 1. The van der Waals surface area contributed by atoms with Crippen LogP contribution in [0.15, 0.2) is 5.16 Å². The zero-order valence-electron chi connectivity index (χ0n) is 6.16. The van der Waals surface area contributed by atoms with Crippen molar-refractivity contribution in [1.29, 1.82) is 0 Å². The highest BCUT2D eigenvalue weighted by atomic mass is 32.2. The van der Waals surface area contributed by atoms with Gasteiger partial charge in [0.2, 0.25) is 0 Å². The Morgan fingerprint density at radius 1 is 1.55 bits per heavy atom. The molecule has 60 valence electrons. The zero-order valence-corrected chi connectivity index (χ0v) is 6.97. The van der Waals surface area contributed by atoms with Crippen molar-refractivity contribution in [2.24, 2.45) is 5.73 Å². The summed E-state index contributed by atoms with van der Waals surface area (Å²) in [4.78, 5) is 0. The molecule has 0 atom stereocenters. The van der Waals surface area contributed by atoms with E-state index in [4.69, 9.17) is 5.73 Å². The second-order valence-corrected chi connectivity index (χ2v) is 3.52. The Bertz CT molecular complexity index is 244. The molecular weight excluding hydrogens is 160 g/mol. The van der Waals surface area contributed by atoms with Gasteiger partial charge in [0, 0.05) is 12.3 Å². The molecule has 0 radical (unpaired) electrons. The van der Waals surface area contributed by atoms with Crippen molar-refractivity contribution in [3.63, 3.8) is 0 Å². The van der Waals surface area contributed by atoms with E-state index in [0.717, 1.165) is 23.3 Å². The van der Waals surface area contributed by atoms with E-state index in [1.54, 1.807) is 11.8 Å². The molecule has 11 heavy (non-hydrogen) atoms. The van der Waals surface area contributed by atoms with Crippen molar-refractivity contribution in [3.8, 4) is 0 Å². The van der Waals surface area contributed by atoms with Gasteiger partial charge in [0.05, 0.1) is 6.54 Å². The summed E-state index contributed by atoms with van der Waals surface area (Å²) < 4.78 is 2.11. The van der Waals surface area contributed by atoms with Gasteiger partial charge in [-0.3, -0.25) is 0 Å². The number of hydrogen-bond donors (Lipinski definition) is 1. The Hall–Kier alpha value is -0.550. The summed E-state index contributed by atoms with van der Waals surface area (Å²) in [6.45, 7) is 1.52. The molecule has 0 spiro atoms. The van der Waals surface area contributed by atoms with E-state index in [9.17, 15) is 0 Å². The van der Waals surface area contributed by atoms with E-state index < -0.39 is 0 Å². The Labute approximate surface area is 69.2 Å². The van der Waals surface area contributed by atoms with Gasteiger partial charge in [-0.2, -0.15) is 0 Å².